The van der Waals surface area contributed by atoms with Crippen molar-refractivity contribution in [2.75, 3.05) is 12.0 Å². The molecule has 0 radical (unpaired) electrons. The molecule has 1 N–H and O–H groups in total. The molecule has 1 aliphatic heterocycles. The standard InChI is InChI=1S/C25H17Br2FN2O5/c1-34-21-11-15(20(27)12-22(21)35-13-14-3-2-4-17(28)9-14)10-19-23(31)29-25(33)30(24(19)32)18-7-5-16(26)6-8-18/h2-12H,13H2,1H3,(H,29,31,33)/b19-10+. The highest BCUT2D eigenvalue weighted by Gasteiger charge is 2.37. The van der Waals surface area contributed by atoms with Gasteiger partial charge in [0.15, 0.2) is 11.5 Å². The molecule has 0 aromatic heterocycles. The van der Waals surface area contributed by atoms with Gasteiger partial charge in [0.1, 0.15) is 18.0 Å². The molecule has 178 valence electrons. The zero-order chi connectivity index (χ0) is 25.1. The number of nitrogens with one attached hydrogen (secondary N) is 1. The number of halogens is 3. The number of rotatable bonds is 6. The number of carbonyl (C=O) groups excluding carboxylic acids is 3. The van der Waals surface area contributed by atoms with E-state index in [1.807, 2.05) is 0 Å². The lowest BCUT2D eigenvalue weighted by Gasteiger charge is -2.26. The van der Waals surface area contributed by atoms with Gasteiger partial charge in [0.05, 0.1) is 12.8 Å². The molecule has 4 amide bonds. The van der Waals surface area contributed by atoms with Crippen LogP contribution in [-0.2, 0) is 16.2 Å². The van der Waals surface area contributed by atoms with E-state index in [9.17, 15) is 18.8 Å². The first-order valence-corrected chi connectivity index (χ1v) is 11.8. The number of benzene rings is 3. The quantitative estimate of drug-likeness (QED) is 0.293. The van der Waals surface area contributed by atoms with Crippen molar-refractivity contribution in [3.8, 4) is 11.5 Å². The van der Waals surface area contributed by atoms with Gasteiger partial charge in [-0.15, -0.1) is 0 Å². The average molecular weight is 604 g/mol. The average Bonchev–Trinajstić information content (AvgIpc) is 2.82. The Morgan fingerprint density at radius 1 is 1.00 bits per heavy atom. The van der Waals surface area contributed by atoms with Gasteiger partial charge in [0.25, 0.3) is 11.8 Å². The van der Waals surface area contributed by atoms with Crippen molar-refractivity contribution in [2.45, 2.75) is 6.61 Å². The van der Waals surface area contributed by atoms with Gasteiger partial charge in [0, 0.05) is 8.95 Å². The van der Waals surface area contributed by atoms with E-state index in [1.165, 1.54) is 25.3 Å². The number of anilines is 1. The Morgan fingerprint density at radius 3 is 2.43 bits per heavy atom. The summed E-state index contributed by atoms with van der Waals surface area (Å²) in [6.07, 6.45) is 1.36. The van der Waals surface area contributed by atoms with Gasteiger partial charge in [-0.2, -0.15) is 0 Å². The number of methoxy groups -OCH3 is 1. The number of amides is 4. The Bertz CT molecular complexity index is 1360. The first-order valence-electron chi connectivity index (χ1n) is 10.2. The molecule has 3 aromatic carbocycles. The lowest BCUT2D eigenvalue weighted by atomic mass is 10.1. The van der Waals surface area contributed by atoms with Crippen LogP contribution in [0.15, 0.2) is 75.2 Å². The summed E-state index contributed by atoms with van der Waals surface area (Å²) in [5.41, 5.74) is 1.16. The summed E-state index contributed by atoms with van der Waals surface area (Å²) < 4.78 is 25.9. The minimum Gasteiger partial charge on any atom is -0.493 e. The highest BCUT2D eigenvalue weighted by Crippen LogP contribution is 2.36. The van der Waals surface area contributed by atoms with Crippen LogP contribution in [0.3, 0.4) is 0 Å². The molecule has 0 atom stereocenters. The van der Waals surface area contributed by atoms with E-state index < -0.39 is 17.8 Å². The second-order valence-electron chi connectivity index (χ2n) is 7.38. The molecule has 1 aliphatic rings. The maximum Gasteiger partial charge on any atom is 0.335 e. The summed E-state index contributed by atoms with van der Waals surface area (Å²) >= 11 is 6.73. The Kier molecular flexibility index (Phi) is 7.32. The van der Waals surface area contributed by atoms with Crippen molar-refractivity contribution in [3.63, 3.8) is 0 Å². The second-order valence-corrected chi connectivity index (χ2v) is 9.15. The zero-order valence-electron chi connectivity index (χ0n) is 18.2. The van der Waals surface area contributed by atoms with Crippen LogP contribution < -0.4 is 19.7 Å². The SMILES string of the molecule is COc1cc(/C=C2\C(=O)NC(=O)N(c3ccc(Br)cc3)C2=O)c(Br)cc1OCc1cccc(F)c1. The molecule has 1 heterocycles. The lowest BCUT2D eigenvalue weighted by Crippen LogP contribution is -2.54. The van der Waals surface area contributed by atoms with Gasteiger partial charge in [0.2, 0.25) is 0 Å². The summed E-state index contributed by atoms with van der Waals surface area (Å²) in [4.78, 5) is 38.9. The van der Waals surface area contributed by atoms with Gasteiger partial charge < -0.3 is 9.47 Å². The first-order chi connectivity index (χ1) is 16.8. The molecule has 10 heteroatoms. The minimum atomic E-state index is -0.836. The van der Waals surface area contributed by atoms with Crippen LogP contribution >= 0.6 is 31.9 Å². The fourth-order valence-electron chi connectivity index (χ4n) is 3.36. The molecule has 3 aromatic rings. The van der Waals surface area contributed by atoms with E-state index in [4.69, 9.17) is 9.47 Å². The normalized spacial score (nSPS) is 14.8. The van der Waals surface area contributed by atoms with Crippen molar-refractivity contribution in [2.24, 2.45) is 0 Å². The third kappa shape index (κ3) is 5.44. The minimum absolute atomic E-state index is 0.103. The van der Waals surface area contributed by atoms with Crippen LogP contribution in [-0.4, -0.2) is 25.0 Å². The van der Waals surface area contributed by atoms with E-state index >= 15 is 0 Å². The molecule has 0 bridgehead atoms. The summed E-state index contributed by atoms with van der Waals surface area (Å²) in [6, 6.07) is 14.9. The molecule has 35 heavy (non-hydrogen) atoms. The maximum atomic E-state index is 13.4. The van der Waals surface area contributed by atoms with Crippen molar-refractivity contribution < 1.29 is 28.2 Å². The summed E-state index contributed by atoms with van der Waals surface area (Å²) in [5.74, 6) is -1.24. The van der Waals surface area contributed by atoms with Crippen molar-refractivity contribution >= 4 is 61.5 Å². The van der Waals surface area contributed by atoms with Crippen molar-refractivity contribution in [3.05, 3.63) is 92.1 Å². The molecule has 4 rings (SSSR count). The van der Waals surface area contributed by atoms with Crippen LogP contribution in [0.2, 0.25) is 0 Å². The van der Waals surface area contributed by atoms with Crippen LogP contribution in [0.5, 0.6) is 11.5 Å². The van der Waals surface area contributed by atoms with Crippen LogP contribution in [0.1, 0.15) is 11.1 Å². The molecule has 1 fully saturated rings. The largest absolute Gasteiger partial charge is 0.493 e. The predicted molar refractivity (Wildman–Crippen MR) is 135 cm³/mol. The molecule has 0 unspecified atom stereocenters. The number of hydrogen-bond donors (Lipinski definition) is 1. The monoisotopic (exact) mass is 602 g/mol. The third-order valence-corrected chi connectivity index (χ3v) is 6.27. The smallest absolute Gasteiger partial charge is 0.335 e. The zero-order valence-corrected chi connectivity index (χ0v) is 21.4. The van der Waals surface area contributed by atoms with E-state index in [1.54, 1.807) is 48.5 Å². The Labute approximate surface area is 216 Å². The second kappa shape index (κ2) is 10.4. The number of hydrogen-bond acceptors (Lipinski definition) is 5. The van der Waals surface area contributed by atoms with Crippen LogP contribution in [0.25, 0.3) is 6.08 Å². The number of carbonyl (C=O) groups is 3. The van der Waals surface area contributed by atoms with E-state index in [-0.39, 0.29) is 18.0 Å². The summed E-state index contributed by atoms with van der Waals surface area (Å²) in [6.45, 7) is 0.103. The van der Waals surface area contributed by atoms with Gasteiger partial charge in [-0.25, -0.2) is 14.1 Å². The summed E-state index contributed by atoms with van der Waals surface area (Å²) in [7, 11) is 1.45. The van der Waals surface area contributed by atoms with Crippen molar-refractivity contribution in [1.29, 1.82) is 0 Å². The van der Waals surface area contributed by atoms with Crippen LogP contribution in [0.4, 0.5) is 14.9 Å². The number of nitrogens with zero attached hydrogens (tertiary/aromatic N) is 1. The molecule has 7 nitrogen and oxygen atoms in total. The molecular weight excluding hydrogens is 587 g/mol. The molecular formula is C25H17Br2FN2O5. The molecule has 0 saturated carbocycles. The van der Waals surface area contributed by atoms with Gasteiger partial charge in [-0.3, -0.25) is 14.9 Å². The molecule has 0 spiro atoms. The topological polar surface area (TPSA) is 84.9 Å². The van der Waals surface area contributed by atoms with E-state index in [2.05, 4.69) is 37.2 Å². The van der Waals surface area contributed by atoms with E-state index in [0.29, 0.717) is 32.8 Å². The molecule has 0 aliphatic carbocycles. The lowest BCUT2D eigenvalue weighted by molar-refractivity contribution is -0.122. The first kappa shape index (κ1) is 24.6. The maximum absolute atomic E-state index is 13.4. The Balaban J connectivity index is 1.64. The number of imide groups is 2. The molecule has 1 saturated heterocycles. The third-order valence-electron chi connectivity index (χ3n) is 5.05. The number of barbiturate groups is 1. The summed E-state index contributed by atoms with van der Waals surface area (Å²) in [5, 5.41) is 2.19. The number of ether oxygens (including phenoxy) is 2. The fraction of sp³-hybridized carbons (Fsp3) is 0.0800. The van der Waals surface area contributed by atoms with Gasteiger partial charge >= 0.3 is 6.03 Å². The van der Waals surface area contributed by atoms with Crippen LogP contribution in [0, 0.1) is 5.82 Å². The highest BCUT2D eigenvalue weighted by molar-refractivity contribution is 9.10. The Hall–Kier alpha value is -3.50. The van der Waals surface area contributed by atoms with Crippen molar-refractivity contribution in [1.82, 2.24) is 5.32 Å². The van der Waals surface area contributed by atoms with Gasteiger partial charge in [-0.05, 0) is 65.7 Å². The Morgan fingerprint density at radius 2 is 1.74 bits per heavy atom. The van der Waals surface area contributed by atoms with E-state index in [0.717, 1.165) is 9.37 Å². The fourth-order valence-corrected chi connectivity index (χ4v) is 4.06. The number of urea groups is 1. The predicted octanol–water partition coefficient (Wildman–Crippen LogP) is 5.60. The highest BCUT2D eigenvalue weighted by atomic mass is 79.9. The van der Waals surface area contributed by atoms with Gasteiger partial charge in [-0.1, -0.05) is 44.0 Å².